The van der Waals surface area contributed by atoms with Gasteiger partial charge in [-0.05, 0) is 43.0 Å². The maximum Gasteiger partial charge on any atom is 0.241 e. The van der Waals surface area contributed by atoms with E-state index in [9.17, 15) is 0 Å². The number of nitrogens with one attached hydrogen (secondary N) is 1. The van der Waals surface area contributed by atoms with E-state index in [-0.39, 0.29) is 6.10 Å². The Morgan fingerprint density at radius 2 is 2.25 bits per heavy atom. The van der Waals surface area contributed by atoms with Gasteiger partial charge in [0, 0.05) is 0 Å². The van der Waals surface area contributed by atoms with Crippen LogP contribution in [0.15, 0.2) is 11.4 Å². The first kappa shape index (κ1) is 13.6. The lowest BCUT2D eigenvalue weighted by Crippen LogP contribution is -2.30. The molecule has 1 saturated carbocycles. The van der Waals surface area contributed by atoms with Gasteiger partial charge in [0.15, 0.2) is 0 Å². The van der Waals surface area contributed by atoms with E-state index in [0.717, 1.165) is 23.1 Å². The zero-order valence-corrected chi connectivity index (χ0v) is 12.4. The zero-order chi connectivity index (χ0) is 13.9. The van der Waals surface area contributed by atoms with E-state index >= 15 is 0 Å². The van der Waals surface area contributed by atoms with Crippen LogP contribution in [0.4, 0.5) is 5.95 Å². The Kier molecular flexibility index (Phi) is 4.03. The van der Waals surface area contributed by atoms with Crippen molar-refractivity contribution in [1.82, 2.24) is 9.97 Å². The molecular formula is C14H20N4OS. The summed E-state index contributed by atoms with van der Waals surface area (Å²) in [6.07, 6.45) is 6.33. The van der Waals surface area contributed by atoms with Crippen LogP contribution in [0.25, 0.3) is 10.2 Å². The number of nitrogen functional groups attached to an aromatic ring is 1. The molecule has 3 rings (SSSR count). The summed E-state index contributed by atoms with van der Waals surface area (Å²) in [6, 6.07) is 2.01. The van der Waals surface area contributed by atoms with Crippen LogP contribution in [0.1, 0.15) is 39.0 Å². The molecule has 0 radical (unpaired) electrons. The molecular weight excluding hydrogens is 272 g/mol. The van der Waals surface area contributed by atoms with E-state index in [0.29, 0.717) is 17.7 Å². The minimum atomic E-state index is 0.261. The van der Waals surface area contributed by atoms with E-state index in [4.69, 9.17) is 10.6 Å². The molecule has 6 heteroatoms. The van der Waals surface area contributed by atoms with Crippen molar-refractivity contribution in [1.29, 1.82) is 0 Å². The lowest BCUT2D eigenvalue weighted by atomic mass is 9.85. The predicted molar refractivity (Wildman–Crippen MR) is 81.9 cm³/mol. The molecule has 0 bridgehead atoms. The Balaban J connectivity index is 1.90. The first-order valence-corrected chi connectivity index (χ1v) is 8.08. The van der Waals surface area contributed by atoms with Gasteiger partial charge in [-0.1, -0.05) is 13.3 Å². The van der Waals surface area contributed by atoms with Crippen LogP contribution in [0.5, 0.6) is 5.88 Å². The first-order valence-electron chi connectivity index (χ1n) is 7.20. The van der Waals surface area contributed by atoms with Gasteiger partial charge in [0.25, 0.3) is 0 Å². The quantitative estimate of drug-likeness (QED) is 0.668. The molecule has 2 unspecified atom stereocenters. The molecule has 3 N–H and O–H groups in total. The summed E-state index contributed by atoms with van der Waals surface area (Å²) in [7, 11) is 0. The molecule has 1 fully saturated rings. The summed E-state index contributed by atoms with van der Waals surface area (Å²) in [5, 5.41) is 2.99. The number of hydrogen-bond donors (Lipinski definition) is 2. The van der Waals surface area contributed by atoms with Crippen molar-refractivity contribution in [3.63, 3.8) is 0 Å². The van der Waals surface area contributed by atoms with Gasteiger partial charge in [0.05, 0.1) is 5.39 Å². The number of ether oxygens (including phenoxy) is 1. The fourth-order valence-electron chi connectivity index (χ4n) is 2.92. The highest BCUT2D eigenvalue weighted by Gasteiger charge is 2.26. The normalized spacial score (nSPS) is 22.9. The summed E-state index contributed by atoms with van der Waals surface area (Å²) in [5.41, 5.74) is 2.52. The second-order valence-corrected chi connectivity index (χ2v) is 6.14. The summed E-state index contributed by atoms with van der Waals surface area (Å²) in [5.74, 6) is 7.14. The van der Waals surface area contributed by atoms with Crippen LogP contribution in [-0.4, -0.2) is 16.1 Å². The van der Waals surface area contributed by atoms with Crippen molar-refractivity contribution in [2.75, 3.05) is 5.43 Å². The molecule has 1 aliphatic carbocycles. The average Bonchev–Trinajstić information content (AvgIpc) is 2.96. The van der Waals surface area contributed by atoms with Gasteiger partial charge in [-0.15, -0.1) is 11.3 Å². The summed E-state index contributed by atoms with van der Waals surface area (Å²) < 4.78 is 6.23. The fourth-order valence-corrected chi connectivity index (χ4v) is 3.68. The van der Waals surface area contributed by atoms with E-state index < -0.39 is 0 Å². The molecule has 0 amide bonds. The minimum absolute atomic E-state index is 0.261. The number of thiophene rings is 1. The van der Waals surface area contributed by atoms with Gasteiger partial charge in [-0.2, -0.15) is 4.98 Å². The van der Waals surface area contributed by atoms with Gasteiger partial charge in [-0.25, -0.2) is 10.8 Å². The van der Waals surface area contributed by atoms with Gasteiger partial charge in [-0.3, -0.25) is 5.43 Å². The molecule has 2 aromatic heterocycles. The van der Waals surface area contributed by atoms with Crippen LogP contribution in [-0.2, 0) is 0 Å². The summed E-state index contributed by atoms with van der Waals surface area (Å²) in [6.45, 7) is 2.24. The maximum atomic E-state index is 6.23. The molecule has 0 aromatic carbocycles. The van der Waals surface area contributed by atoms with Gasteiger partial charge in [0.1, 0.15) is 10.9 Å². The van der Waals surface area contributed by atoms with Gasteiger partial charge < -0.3 is 4.74 Å². The highest BCUT2D eigenvalue weighted by molar-refractivity contribution is 7.16. The van der Waals surface area contributed by atoms with Gasteiger partial charge >= 0.3 is 0 Å². The molecule has 2 aromatic rings. The van der Waals surface area contributed by atoms with Crippen LogP contribution >= 0.6 is 11.3 Å². The monoisotopic (exact) mass is 292 g/mol. The van der Waals surface area contributed by atoms with E-state index in [1.807, 2.05) is 11.4 Å². The molecule has 0 saturated heterocycles. The second-order valence-electron chi connectivity index (χ2n) is 5.25. The molecule has 5 nitrogen and oxygen atoms in total. The van der Waals surface area contributed by atoms with Crippen LogP contribution in [0, 0.1) is 5.92 Å². The van der Waals surface area contributed by atoms with Crippen molar-refractivity contribution >= 4 is 27.5 Å². The van der Waals surface area contributed by atoms with E-state index in [2.05, 4.69) is 22.3 Å². The number of nitrogens with zero attached hydrogens (tertiary/aromatic N) is 2. The molecule has 2 atom stereocenters. The van der Waals surface area contributed by atoms with Gasteiger partial charge in [0.2, 0.25) is 11.8 Å². The van der Waals surface area contributed by atoms with Crippen LogP contribution in [0.2, 0.25) is 0 Å². The smallest absolute Gasteiger partial charge is 0.241 e. The number of nitrogens with two attached hydrogens (primary N) is 1. The molecule has 108 valence electrons. The second kappa shape index (κ2) is 5.93. The standard InChI is InChI=1S/C14H20N4OS/c1-2-9-5-3-4-6-11(9)19-12-10-7-8-20-13(10)17-14(16-12)18-15/h7-9,11H,2-6,15H2,1H3,(H,16,17,18). The number of rotatable bonds is 4. The summed E-state index contributed by atoms with van der Waals surface area (Å²) in [4.78, 5) is 9.64. The topological polar surface area (TPSA) is 73.1 Å². The van der Waals surface area contributed by atoms with Crippen LogP contribution in [0.3, 0.4) is 0 Å². The Morgan fingerprint density at radius 1 is 1.40 bits per heavy atom. The van der Waals surface area contributed by atoms with E-state index in [1.54, 1.807) is 11.3 Å². The number of hydrazine groups is 1. The highest BCUT2D eigenvalue weighted by Crippen LogP contribution is 2.34. The lowest BCUT2D eigenvalue weighted by Gasteiger charge is -2.30. The summed E-state index contributed by atoms with van der Waals surface area (Å²) >= 11 is 1.57. The predicted octanol–water partition coefficient (Wildman–Crippen LogP) is 3.32. The molecule has 1 aliphatic rings. The third kappa shape index (κ3) is 2.58. The molecule has 0 aliphatic heterocycles. The van der Waals surface area contributed by atoms with Crippen LogP contribution < -0.4 is 16.0 Å². The first-order chi connectivity index (χ1) is 9.81. The maximum absolute atomic E-state index is 6.23. The van der Waals surface area contributed by atoms with E-state index in [1.165, 1.54) is 19.3 Å². The zero-order valence-electron chi connectivity index (χ0n) is 11.6. The fraction of sp³-hybridized carbons (Fsp3) is 0.571. The Hall–Kier alpha value is -1.40. The molecule has 0 spiro atoms. The number of anilines is 1. The number of hydrogen-bond acceptors (Lipinski definition) is 6. The molecule has 20 heavy (non-hydrogen) atoms. The number of fused-ring (bicyclic) bond motifs is 1. The SMILES string of the molecule is CCC1CCCCC1Oc1nc(NN)nc2sccc12. The Morgan fingerprint density at radius 3 is 3.05 bits per heavy atom. The van der Waals surface area contributed by atoms with Crippen molar-refractivity contribution in [3.8, 4) is 5.88 Å². The van der Waals surface area contributed by atoms with Crippen molar-refractivity contribution < 1.29 is 4.74 Å². The van der Waals surface area contributed by atoms with Crippen molar-refractivity contribution in [2.24, 2.45) is 11.8 Å². The largest absolute Gasteiger partial charge is 0.473 e. The minimum Gasteiger partial charge on any atom is -0.473 e. The Labute approximate surface area is 122 Å². The molecule has 2 heterocycles. The Bertz CT molecular complexity index is 586. The third-order valence-electron chi connectivity index (χ3n) is 4.05. The average molecular weight is 292 g/mol. The third-order valence-corrected chi connectivity index (χ3v) is 4.85. The van der Waals surface area contributed by atoms with Crippen molar-refractivity contribution in [3.05, 3.63) is 11.4 Å². The number of aromatic nitrogens is 2. The van der Waals surface area contributed by atoms with Crippen molar-refractivity contribution in [2.45, 2.75) is 45.1 Å². The lowest BCUT2D eigenvalue weighted by molar-refractivity contribution is 0.0876. The highest BCUT2D eigenvalue weighted by atomic mass is 32.1.